The minimum Gasteiger partial charge on any atom is -0.352 e. The van der Waals surface area contributed by atoms with Crippen LogP contribution in [-0.2, 0) is 4.79 Å². The van der Waals surface area contributed by atoms with Crippen LogP contribution in [0.1, 0.15) is 40.5 Å². The highest BCUT2D eigenvalue weighted by molar-refractivity contribution is 5.86. The summed E-state index contributed by atoms with van der Waals surface area (Å²) in [5, 5.41) is 6.33. The van der Waals surface area contributed by atoms with Crippen LogP contribution in [0.4, 0.5) is 0 Å². The molecule has 0 bridgehead atoms. The third kappa shape index (κ3) is 2.47. The van der Waals surface area contributed by atoms with E-state index in [4.69, 9.17) is 0 Å². The molecule has 2 unspecified atom stereocenters. The van der Waals surface area contributed by atoms with Crippen molar-refractivity contribution in [3.8, 4) is 0 Å². The highest BCUT2D eigenvalue weighted by Gasteiger charge is 2.36. The van der Waals surface area contributed by atoms with Crippen LogP contribution in [0.3, 0.4) is 0 Å². The smallest absolute Gasteiger partial charge is 0.240 e. The molecule has 0 radical (unpaired) electrons. The van der Waals surface area contributed by atoms with Gasteiger partial charge in [0.1, 0.15) is 0 Å². The lowest BCUT2D eigenvalue weighted by molar-refractivity contribution is -0.127. The second kappa shape index (κ2) is 4.30. The number of carbonyl (C=O) groups excluding carboxylic acids is 1. The highest BCUT2D eigenvalue weighted by atomic mass is 16.2. The van der Waals surface area contributed by atoms with Crippen molar-refractivity contribution in [1.29, 1.82) is 0 Å². The van der Waals surface area contributed by atoms with E-state index in [9.17, 15) is 4.79 Å². The van der Waals surface area contributed by atoms with Crippen LogP contribution < -0.4 is 10.6 Å². The number of carbonyl (C=O) groups is 1. The van der Waals surface area contributed by atoms with Gasteiger partial charge in [-0.05, 0) is 39.2 Å². The van der Waals surface area contributed by atoms with Crippen molar-refractivity contribution in [2.24, 2.45) is 5.92 Å². The Morgan fingerprint density at radius 3 is 2.50 bits per heavy atom. The molecule has 1 saturated heterocycles. The number of hydrogen-bond donors (Lipinski definition) is 2. The van der Waals surface area contributed by atoms with Crippen molar-refractivity contribution in [1.82, 2.24) is 10.6 Å². The standard InChI is InChI=1S/C11H22N2O/c1-8(2)9(3)13-10(14)11(4)6-5-7-12-11/h8-9,12H,5-7H2,1-4H3,(H,13,14). The molecule has 82 valence electrons. The first-order valence-corrected chi connectivity index (χ1v) is 5.52. The summed E-state index contributed by atoms with van der Waals surface area (Å²) >= 11 is 0. The molecule has 14 heavy (non-hydrogen) atoms. The zero-order valence-electron chi connectivity index (χ0n) is 9.68. The summed E-state index contributed by atoms with van der Waals surface area (Å²) in [5.74, 6) is 0.639. The Balaban J connectivity index is 2.49. The topological polar surface area (TPSA) is 41.1 Å². The number of amides is 1. The molecular formula is C11H22N2O. The minimum atomic E-state index is -0.330. The van der Waals surface area contributed by atoms with Gasteiger partial charge in [-0.3, -0.25) is 4.79 Å². The Bertz CT molecular complexity index is 207. The second-order valence-electron chi connectivity index (χ2n) is 4.87. The van der Waals surface area contributed by atoms with E-state index in [1.54, 1.807) is 0 Å². The first kappa shape index (κ1) is 11.5. The molecule has 0 aliphatic carbocycles. The van der Waals surface area contributed by atoms with Crippen LogP contribution in [0.15, 0.2) is 0 Å². The first-order chi connectivity index (χ1) is 6.46. The van der Waals surface area contributed by atoms with E-state index in [2.05, 4.69) is 31.4 Å². The van der Waals surface area contributed by atoms with Crippen LogP contribution in [0.2, 0.25) is 0 Å². The Labute approximate surface area is 86.6 Å². The summed E-state index contributed by atoms with van der Waals surface area (Å²) < 4.78 is 0. The fourth-order valence-electron chi connectivity index (χ4n) is 1.62. The number of rotatable bonds is 3. The van der Waals surface area contributed by atoms with Gasteiger partial charge in [0.2, 0.25) is 5.91 Å². The van der Waals surface area contributed by atoms with E-state index in [-0.39, 0.29) is 17.5 Å². The third-order valence-electron chi connectivity index (χ3n) is 3.23. The third-order valence-corrected chi connectivity index (χ3v) is 3.23. The molecule has 1 aliphatic rings. The molecule has 0 spiro atoms. The summed E-state index contributed by atoms with van der Waals surface area (Å²) in [6.45, 7) is 9.24. The Morgan fingerprint density at radius 2 is 2.07 bits per heavy atom. The van der Waals surface area contributed by atoms with E-state index in [1.165, 1.54) is 0 Å². The molecular weight excluding hydrogens is 176 g/mol. The molecule has 1 aliphatic heterocycles. The predicted octanol–water partition coefficient (Wildman–Crippen LogP) is 1.29. The molecule has 1 rings (SSSR count). The zero-order valence-corrected chi connectivity index (χ0v) is 9.68. The van der Waals surface area contributed by atoms with Crippen molar-refractivity contribution in [2.75, 3.05) is 6.54 Å². The van der Waals surface area contributed by atoms with Gasteiger partial charge in [0, 0.05) is 6.04 Å². The highest BCUT2D eigenvalue weighted by Crippen LogP contribution is 2.19. The van der Waals surface area contributed by atoms with Crippen LogP contribution in [-0.4, -0.2) is 24.0 Å². The lowest BCUT2D eigenvalue weighted by Gasteiger charge is -2.27. The van der Waals surface area contributed by atoms with E-state index < -0.39 is 0 Å². The molecule has 0 saturated carbocycles. The summed E-state index contributed by atoms with van der Waals surface area (Å²) in [4.78, 5) is 11.9. The summed E-state index contributed by atoms with van der Waals surface area (Å²) in [6.07, 6.45) is 2.05. The van der Waals surface area contributed by atoms with E-state index in [0.29, 0.717) is 5.92 Å². The second-order valence-corrected chi connectivity index (χ2v) is 4.87. The van der Waals surface area contributed by atoms with Gasteiger partial charge in [0.25, 0.3) is 0 Å². The molecule has 2 atom stereocenters. The monoisotopic (exact) mass is 198 g/mol. The predicted molar refractivity (Wildman–Crippen MR) is 58.1 cm³/mol. The summed E-state index contributed by atoms with van der Waals surface area (Å²) in [7, 11) is 0. The fraction of sp³-hybridized carbons (Fsp3) is 0.909. The molecule has 3 heteroatoms. The lowest BCUT2D eigenvalue weighted by Crippen LogP contribution is -2.54. The van der Waals surface area contributed by atoms with Gasteiger partial charge < -0.3 is 10.6 Å². The first-order valence-electron chi connectivity index (χ1n) is 5.52. The quantitative estimate of drug-likeness (QED) is 0.717. The molecule has 0 aromatic heterocycles. The summed E-state index contributed by atoms with van der Waals surface area (Å²) in [6, 6.07) is 0.252. The fourth-order valence-corrected chi connectivity index (χ4v) is 1.62. The normalized spacial score (nSPS) is 29.2. The van der Waals surface area contributed by atoms with Gasteiger partial charge in [0.15, 0.2) is 0 Å². The van der Waals surface area contributed by atoms with Gasteiger partial charge in [0.05, 0.1) is 5.54 Å². The zero-order chi connectivity index (χ0) is 10.8. The molecule has 1 fully saturated rings. The largest absolute Gasteiger partial charge is 0.352 e. The maximum atomic E-state index is 11.9. The van der Waals surface area contributed by atoms with Crippen molar-refractivity contribution < 1.29 is 4.79 Å². The Hall–Kier alpha value is -0.570. The maximum absolute atomic E-state index is 11.9. The van der Waals surface area contributed by atoms with Crippen LogP contribution in [0.5, 0.6) is 0 Å². The SMILES string of the molecule is CC(C)C(C)NC(=O)C1(C)CCCN1. The van der Waals surface area contributed by atoms with Crippen molar-refractivity contribution in [3.05, 3.63) is 0 Å². The molecule has 1 amide bonds. The molecule has 0 aromatic rings. The minimum absolute atomic E-state index is 0.149. The van der Waals surface area contributed by atoms with E-state index in [0.717, 1.165) is 19.4 Å². The van der Waals surface area contributed by atoms with Crippen molar-refractivity contribution >= 4 is 5.91 Å². The maximum Gasteiger partial charge on any atom is 0.240 e. The van der Waals surface area contributed by atoms with Gasteiger partial charge >= 0.3 is 0 Å². The van der Waals surface area contributed by atoms with Gasteiger partial charge in [-0.25, -0.2) is 0 Å². The summed E-state index contributed by atoms with van der Waals surface area (Å²) in [5.41, 5.74) is -0.330. The van der Waals surface area contributed by atoms with Crippen LogP contribution >= 0.6 is 0 Å². The Morgan fingerprint density at radius 1 is 1.43 bits per heavy atom. The van der Waals surface area contributed by atoms with Crippen LogP contribution in [0, 0.1) is 5.92 Å². The average molecular weight is 198 g/mol. The van der Waals surface area contributed by atoms with E-state index in [1.807, 2.05) is 6.92 Å². The molecule has 0 aromatic carbocycles. The molecule has 3 nitrogen and oxygen atoms in total. The van der Waals surface area contributed by atoms with Gasteiger partial charge in [-0.2, -0.15) is 0 Å². The van der Waals surface area contributed by atoms with Crippen LogP contribution in [0.25, 0.3) is 0 Å². The molecule has 2 N–H and O–H groups in total. The average Bonchev–Trinajstić information content (AvgIpc) is 2.53. The van der Waals surface area contributed by atoms with E-state index >= 15 is 0 Å². The number of hydrogen-bond acceptors (Lipinski definition) is 2. The van der Waals surface area contributed by atoms with Crippen molar-refractivity contribution in [3.63, 3.8) is 0 Å². The van der Waals surface area contributed by atoms with Crippen molar-refractivity contribution in [2.45, 2.75) is 52.1 Å². The molecule has 1 heterocycles. The lowest BCUT2D eigenvalue weighted by atomic mass is 9.97. The van der Waals surface area contributed by atoms with Gasteiger partial charge in [-0.1, -0.05) is 13.8 Å². The number of nitrogens with one attached hydrogen (secondary N) is 2. The van der Waals surface area contributed by atoms with Gasteiger partial charge in [-0.15, -0.1) is 0 Å². The Kier molecular flexibility index (Phi) is 3.53.